The monoisotopic (exact) mass is 372 g/mol. The summed E-state index contributed by atoms with van der Waals surface area (Å²) < 4.78 is 4.69. The quantitative estimate of drug-likeness (QED) is 0.371. The van der Waals surface area contributed by atoms with E-state index in [-0.39, 0.29) is 15.9 Å². The number of halogens is 3. The first-order chi connectivity index (χ1) is 8.25. The van der Waals surface area contributed by atoms with Gasteiger partial charge in [0.25, 0.3) is 0 Å². The van der Waals surface area contributed by atoms with Crippen LogP contribution in [-0.4, -0.2) is 33.8 Å². The number of esters is 1. The molecule has 0 amide bonds. The van der Waals surface area contributed by atoms with Gasteiger partial charge in [-0.3, -0.25) is 0 Å². The van der Waals surface area contributed by atoms with Crippen LogP contribution < -0.4 is 0 Å². The standard InChI is InChI=1S/C10H9Cl3GeO4/c1-18-10(17)5-7(14(11,12)13)6-2-3-8(15)9(16)4-6/h2-5,15-16H,1H3. The van der Waals surface area contributed by atoms with Crippen LogP contribution in [0.3, 0.4) is 0 Å². The average Bonchev–Trinajstić information content (AvgIpc) is 2.28. The molecular formula is C10H9Cl3GeO4. The van der Waals surface area contributed by atoms with E-state index in [1.54, 1.807) is 0 Å². The summed E-state index contributed by atoms with van der Waals surface area (Å²) in [5, 5.41) is 18.6. The van der Waals surface area contributed by atoms with Crippen molar-refractivity contribution in [2.24, 2.45) is 0 Å². The number of benzene rings is 1. The molecule has 4 nitrogen and oxygen atoms in total. The van der Waals surface area contributed by atoms with Gasteiger partial charge in [-0.25, -0.2) is 0 Å². The fraction of sp³-hybridized carbons (Fsp3) is 0.100. The van der Waals surface area contributed by atoms with E-state index >= 15 is 0 Å². The minimum absolute atomic E-state index is 0.210. The summed E-state index contributed by atoms with van der Waals surface area (Å²) in [7, 11) is 15.1. The molecule has 1 aromatic rings. The van der Waals surface area contributed by atoms with Crippen molar-refractivity contribution < 1.29 is 19.7 Å². The van der Waals surface area contributed by atoms with Gasteiger partial charge >= 0.3 is 119 Å². The van der Waals surface area contributed by atoms with Crippen LogP contribution in [0, 0.1) is 0 Å². The number of hydrogen-bond acceptors (Lipinski definition) is 4. The summed E-state index contributed by atoms with van der Waals surface area (Å²) in [6.07, 6.45) is 1.08. The third kappa shape index (κ3) is 3.98. The number of methoxy groups -OCH3 is 1. The Morgan fingerprint density at radius 3 is 2.33 bits per heavy atom. The fourth-order valence-corrected chi connectivity index (χ4v) is 5.35. The minimum atomic E-state index is -3.88. The third-order valence-corrected chi connectivity index (χ3v) is 7.42. The first-order valence-corrected chi connectivity index (χ1v) is 14.0. The number of phenolic OH excluding ortho intramolecular Hbond substituents is 2. The fourth-order valence-electron chi connectivity index (χ4n) is 1.20. The topological polar surface area (TPSA) is 66.8 Å². The van der Waals surface area contributed by atoms with Crippen molar-refractivity contribution in [3.8, 4) is 11.5 Å². The van der Waals surface area contributed by atoms with Crippen LogP contribution in [0.15, 0.2) is 24.3 Å². The van der Waals surface area contributed by atoms with E-state index in [0.717, 1.165) is 6.08 Å². The van der Waals surface area contributed by atoms with Gasteiger partial charge in [0.2, 0.25) is 0 Å². The number of phenols is 2. The molecule has 0 radical (unpaired) electrons. The van der Waals surface area contributed by atoms with Gasteiger partial charge in [-0.05, 0) is 0 Å². The van der Waals surface area contributed by atoms with Crippen LogP contribution in [0.5, 0.6) is 11.5 Å². The summed E-state index contributed by atoms with van der Waals surface area (Å²) in [5.41, 5.74) is 0.357. The number of ether oxygens (including phenoxy) is 1. The Kier molecular flexibility index (Phi) is 5.22. The Balaban J connectivity index is 3.31. The first-order valence-electron chi connectivity index (χ1n) is 4.65. The van der Waals surface area contributed by atoms with E-state index < -0.39 is 16.4 Å². The van der Waals surface area contributed by atoms with E-state index in [1.807, 2.05) is 0 Å². The Bertz CT molecular complexity index is 496. The Morgan fingerprint density at radius 1 is 1.28 bits per heavy atom. The van der Waals surface area contributed by atoms with Crippen LogP contribution in [0.4, 0.5) is 0 Å². The molecule has 0 unspecified atom stereocenters. The Labute approximate surface area is 119 Å². The second kappa shape index (κ2) is 6.06. The summed E-state index contributed by atoms with van der Waals surface area (Å²) >= 11 is 0. The molecule has 0 aliphatic heterocycles. The van der Waals surface area contributed by atoms with E-state index in [1.165, 1.54) is 25.3 Å². The first kappa shape index (κ1) is 15.5. The van der Waals surface area contributed by atoms with Crippen LogP contribution in [-0.2, 0) is 9.53 Å². The molecule has 98 valence electrons. The number of carbonyl (C=O) groups is 1. The van der Waals surface area contributed by atoms with E-state index in [0.29, 0.717) is 5.56 Å². The van der Waals surface area contributed by atoms with Crippen molar-refractivity contribution in [1.29, 1.82) is 0 Å². The molecule has 0 saturated carbocycles. The molecule has 0 aliphatic carbocycles. The van der Waals surface area contributed by atoms with Crippen LogP contribution in [0.2, 0.25) is 0 Å². The molecule has 1 aromatic carbocycles. The average molecular weight is 372 g/mol. The molecule has 0 saturated heterocycles. The van der Waals surface area contributed by atoms with Crippen molar-refractivity contribution in [2.45, 2.75) is 0 Å². The van der Waals surface area contributed by atoms with Gasteiger partial charge in [0.15, 0.2) is 0 Å². The number of rotatable bonds is 3. The van der Waals surface area contributed by atoms with E-state index in [2.05, 4.69) is 4.74 Å². The zero-order chi connectivity index (χ0) is 13.9. The Hall–Kier alpha value is -0.557. The van der Waals surface area contributed by atoms with Gasteiger partial charge in [-0.2, -0.15) is 0 Å². The maximum atomic E-state index is 11.2. The summed E-state index contributed by atoms with van der Waals surface area (Å²) in [6, 6.07) is 3.91. The van der Waals surface area contributed by atoms with Crippen molar-refractivity contribution in [2.75, 3.05) is 7.11 Å². The molecular weight excluding hydrogens is 363 g/mol. The molecule has 0 fully saturated rings. The van der Waals surface area contributed by atoms with Gasteiger partial charge in [0, 0.05) is 0 Å². The Morgan fingerprint density at radius 2 is 1.89 bits per heavy atom. The predicted molar refractivity (Wildman–Crippen MR) is 73.1 cm³/mol. The van der Waals surface area contributed by atoms with Gasteiger partial charge < -0.3 is 0 Å². The normalized spacial score (nSPS) is 12.3. The van der Waals surface area contributed by atoms with Crippen molar-refractivity contribution in [3.63, 3.8) is 0 Å². The predicted octanol–water partition coefficient (Wildman–Crippen LogP) is 2.85. The van der Waals surface area contributed by atoms with E-state index in [9.17, 15) is 15.0 Å². The van der Waals surface area contributed by atoms with Gasteiger partial charge in [0.05, 0.1) is 0 Å². The van der Waals surface area contributed by atoms with Crippen LogP contribution in [0.25, 0.3) is 4.41 Å². The molecule has 18 heavy (non-hydrogen) atoms. The van der Waals surface area contributed by atoms with Gasteiger partial charge in [-0.15, -0.1) is 0 Å². The summed E-state index contributed by atoms with van der Waals surface area (Å²) in [4.78, 5) is 11.2. The third-order valence-electron chi connectivity index (χ3n) is 2.06. The van der Waals surface area contributed by atoms with E-state index in [4.69, 9.17) is 30.0 Å². The molecule has 0 aromatic heterocycles. The second-order valence-electron chi connectivity index (χ2n) is 3.28. The number of hydrogen-bond donors (Lipinski definition) is 2. The molecule has 0 atom stereocenters. The molecule has 8 heteroatoms. The molecule has 0 spiro atoms. The van der Waals surface area contributed by atoms with Gasteiger partial charge in [0.1, 0.15) is 0 Å². The molecule has 2 N–H and O–H groups in total. The van der Waals surface area contributed by atoms with Crippen molar-refractivity contribution >= 4 is 50.9 Å². The van der Waals surface area contributed by atoms with Crippen LogP contribution in [0.1, 0.15) is 5.56 Å². The van der Waals surface area contributed by atoms with Crippen molar-refractivity contribution in [3.05, 3.63) is 29.8 Å². The molecule has 0 bridgehead atoms. The molecule has 0 heterocycles. The van der Waals surface area contributed by atoms with Crippen LogP contribution >= 0.6 is 30.0 Å². The maximum absolute atomic E-state index is 11.2. The molecule has 1 rings (SSSR count). The number of aromatic hydroxyl groups is 2. The zero-order valence-electron chi connectivity index (χ0n) is 9.15. The second-order valence-corrected chi connectivity index (χ2v) is 18.4. The zero-order valence-corrected chi connectivity index (χ0v) is 13.5. The van der Waals surface area contributed by atoms with Gasteiger partial charge in [-0.1, -0.05) is 0 Å². The number of carbonyl (C=O) groups excluding carboxylic acids is 1. The van der Waals surface area contributed by atoms with Crippen molar-refractivity contribution in [1.82, 2.24) is 0 Å². The summed E-state index contributed by atoms with van der Waals surface area (Å²) in [5.74, 6) is -1.32. The molecule has 0 aliphatic rings. The summed E-state index contributed by atoms with van der Waals surface area (Å²) in [6.45, 7) is 0. The SMILES string of the molecule is COC(=O)C=[C](c1ccc(O)c(O)c1)[Ge]([Cl])([Cl])[Cl].